The first-order valence-electron chi connectivity index (χ1n) is 6.52. The van der Waals surface area contributed by atoms with Gasteiger partial charge in [-0.2, -0.15) is 5.10 Å². The Kier molecular flexibility index (Phi) is 4.90. The third-order valence-corrected chi connectivity index (χ3v) is 3.06. The summed E-state index contributed by atoms with van der Waals surface area (Å²) < 4.78 is 0. The first-order chi connectivity index (χ1) is 8.90. The molecular weight excluding hydrogens is 224 g/mol. The normalized spacial score (nSPS) is 12.5. The average molecular weight is 244 g/mol. The standard InChI is InChI=1S/C14H20N4/c1-2-13(12-7-4-3-5-8-12)15-10-6-9-14-16-11-17-18-14/h3-5,7-8,11,13,15H,2,6,9-10H2,1H3,(H,16,17,18). The SMILES string of the molecule is CCC(NCCCc1ncn[nH]1)c1ccccc1. The number of aromatic amines is 1. The molecule has 4 nitrogen and oxygen atoms in total. The van der Waals surface area contributed by atoms with Crippen LogP contribution in [-0.4, -0.2) is 21.7 Å². The number of benzene rings is 1. The maximum absolute atomic E-state index is 4.12. The summed E-state index contributed by atoms with van der Waals surface area (Å²) in [5, 5.41) is 10.3. The van der Waals surface area contributed by atoms with Crippen LogP contribution in [0.25, 0.3) is 0 Å². The highest BCUT2D eigenvalue weighted by Crippen LogP contribution is 2.15. The third-order valence-electron chi connectivity index (χ3n) is 3.06. The quantitative estimate of drug-likeness (QED) is 0.736. The molecule has 0 radical (unpaired) electrons. The Bertz CT molecular complexity index is 424. The second-order valence-electron chi connectivity index (χ2n) is 4.36. The van der Waals surface area contributed by atoms with Crippen molar-refractivity contribution in [1.29, 1.82) is 0 Å². The summed E-state index contributed by atoms with van der Waals surface area (Å²) in [6.45, 7) is 3.20. The number of hydrogen-bond donors (Lipinski definition) is 2. The molecule has 1 heterocycles. The van der Waals surface area contributed by atoms with Crippen molar-refractivity contribution in [1.82, 2.24) is 20.5 Å². The maximum Gasteiger partial charge on any atom is 0.137 e. The van der Waals surface area contributed by atoms with Crippen molar-refractivity contribution in [2.24, 2.45) is 0 Å². The number of aryl methyl sites for hydroxylation is 1. The van der Waals surface area contributed by atoms with Gasteiger partial charge in [-0.15, -0.1) is 0 Å². The van der Waals surface area contributed by atoms with Crippen LogP contribution in [0.2, 0.25) is 0 Å². The minimum atomic E-state index is 0.445. The van der Waals surface area contributed by atoms with Gasteiger partial charge in [0.1, 0.15) is 12.2 Å². The summed E-state index contributed by atoms with van der Waals surface area (Å²) in [7, 11) is 0. The Labute approximate surface area is 108 Å². The predicted molar refractivity (Wildman–Crippen MR) is 72.2 cm³/mol. The van der Waals surface area contributed by atoms with Crippen molar-refractivity contribution in [3.8, 4) is 0 Å². The van der Waals surface area contributed by atoms with Crippen LogP contribution in [0.1, 0.15) is 37.2 Å². The van der Waals surface area contributed by atoms with Crippen molar-refractivity contribution >= 4 is 0 Å². The lowest BCUT2D eigenvalue weighted by molar-refractivity contribution is 0.508. The molecule has 0 saturated heterocycles. The Morgan fingerprint density at radius 2 is 2.11 bits per heavy atom. The summed E-state index contributed by atoms with van der Waals surface area (Å²) in [6, 6.07) is 11.0. The molecule has 1 aromatic carbocycles. The molecule has 0 aliphatic rings. The van der Waals surface area contributed by atoms with E-state index in [9.17, 15) is 0 Å². The highest BCUT2D eigenvalue weighted by Gasteiger charge is 2.07. The highest BCUT2D eigenvalue weighted by atomic mass is 15.2. The molecule has 96 valence electrons. The van der Waals surface area contributed by atoms with Crippen LogP contribution in [0.3, 0.4) is 0 Å². The first-order valence-corrected chi connectivity index (χ1v) is 6.52. The zero-order valence-electron chi connectivity index (χ0n) is 10.8. The van der Waals surface area contributed by atoms with Crippen molar-refractivity contribution in [3.05, 3.63) is 48.0 Å². The van der Waals surface area contributed by atoms with Crippen molar-refractivity contribution < 1.29 is 0 Å². The zero-order chi connectivity index (χ0) is 12.6. The van der Waals surface area contributed by atoms with E-state index in [2.05, 4.69) is 57.8 Å². The number of nitrogens with zero attached hydrogens (tertiary/aromatic N) is 2. The lowest BCUT2D eigenvalue weighted by atomic mass is 10.0. The smallest absolute Gasteiger partial charge is 0.137 e. The largest absolute Gasteiger partial charge is 0.310 e. The Balaban J connectivity index is 1.74. The monoisotopic (exact) mass is 244 g/mol. The summed E-state index contributed by atoms with van der Waals surface area (Å²) >= 11 is 0. The number of H-pyrrole nitrogens is 1. The van der Waals surface area contributed by atoms with E-state index in [1.54, 1.807) is 6.33 Å². The van der Waals surface area contributed by atoms with Crippen molar-refractivity contribution in [2.45, 2.75) is 32.2 Å². The van der Waals surface area contributed by atoms with E-state index in [1.165, 1.54) is 5.56 Å². The van der Waals surface area contributed by atoms with Crippen molar-refractivity contribution in [2.75, 3.05) is 6.54 Å². The second kappa shape index (κ2) is 6.91. The van der Waals surface area contributed by atoms with Gasteiger partial charge in [0.25, 0.3) is 0 Å². The first kappa shape index (κ1) is 12.8. The van der Waals surface area contributed by atoms with Gasteiger partial charge >= 0.3 is 0 Å². The number of rotatable bonds is 7. The molecule has 2 N–H and O–H groups in total. The van der Waals surface area contributed by atoms with E-state index in [0.717, 1.165) is 31.6 Å². The molecule has 1 atom stereocenters. The molecule has 1 aromatic heterocycles. The molecule has 0 aliphatic carbocycles. The molecule has 0 fully saturated rings. The molecule has 0 aliphatic heterocycles. The maximum atomic E-state index is 4.12. The van der Waals surface area contributed by atoms with Crippen LogP contribution in [0.15, 0.2) is 36.7 Å². The van der Waals surface area contributed by atoms with E-state index < -0.39 is 0 Å². The second-order valence-corrected chi connectivity index (χ2v) is 4.36. The third kappa shape index (κ3) is 3.67. The van der Waals surface area contributed by atoms with Gasteiger partial charge in [0, 0.05) is 12.5 Å². The van der Waals surface area contributed by atoms with Gasteiger partial charge in [-0.3, -0.25) is 5.10 Å². The minimum Gasteiger partial charge on any atom is -0.310 e. The molecule has 4 heteroatoms. The number of nitrogens with one attached hydrogen (secondary N) is 2. The van der Waals surface area contributed by atoms with Gasteiger partial charge in [-0.25, -0.2) is 4.98 Å². The number of aromatic nitrogens is 3. The Hall–Kier alpha value is -1.68. The molecule has 0 saturated carbocycles. The lowest BCUT2D eigenvalue weighted by Crippen LogP contribution is -2.22. The van der Waals surface area contributed by atoms with E-state index >= 15 is 0 Å². The van der Waals surface area contributed by atoms with Crippen LogP contribution in [-0.2, 0) is 6.42 Å². The molecular formula is C14H20N4. The fraction of sp³-hybridized carbons (Fsp3) is 0.429. The van der Waals surface area contributed by atoms with Gasteiger partial charge in [-0.05, 0) is 24.9 Å². The molecule has 2 aromatic rings. The van der Waals surface area contributed by atoms with Crippen LogP contribution in [0.4, 0.5) is 0 Å². The average Bonchev–Trinajstić information content (AvgIpc) is 2.93. The molecule has 18 heavy (non-hydrogen) atoms. The van der Waals surface area contributed by atoms with Crippen LogP contribution < -0.4 is 5.32 Å². The van der Waals surface area contributed by atoms with E-state index in [-0.39, 0.29) is 0 Å². The van der Waals surface area contributed by atoms with E-state index in [0.29, 0.717) is 6.04 Å². The number of hydrogen-bond acceptors (Lipinski definition) is 3. The van der Waals surface area contributed by atoms with Gasteiger partial charge in [0.15, 0.2) is 0 Å². The molecule has 0 bridgehead atoms. The summed E-state index contributed by atoms with van der Waals surface area (Å²) in [6.07, 6.45) is 4.67. The van der Waals surface area contributed by atoms with Gasteiger partial charge in [-0.1, -0.05) is 37.3 Å². The molecule has 2 rings (SSSR count). The summed E-state index contributed by atoms with van der Waals surface area (Å²) in [5.41, 5.74) is 1.36. The van der Waals surface area contributed by atoms with Crippen LogP contribution >= 0.6 is 0 Å². The van der Waals surface area contributed by atoms with Crippen LogP contribution in [0.5, 0.6) is 0 Å². The van der Waals surface area contributed by atoms with E-state index in [1.807, 2.05) is 0 Å². The van der Waals surface area contributed by atoms with Crippen molar-refractivity contribution in [3.63, 3.8) is 0 Å². The molecule has 0 spiro atoms. The van der Waals surface area contributed by atoms with E-state index in [4.69, 9.17) is 0 Å². The fourth-order valence-electron chi connectivity index (χ4n) is 2.07. The Morgan fingerprint density at radius 1 is 1.28 bits per heavy atom. The van der Waals surface area contributed by atoms with Gasteiger partial charge in [0.2, 0.25) is 0 Å². The molecule has 1 unspecified atom stereocenters. The zero-order valence-corrected chi connectivity index (χ0v) is 10.8. The lowest BCUT2D eigenvalue weighted by Gasteiger charge is -2.17. The highest BCUT2D eigenvalue weighted by molar-refractivity contribution is 5.18. The summed E-state index contributed by atoms with van der Waals surface area (Å²) in [5.74, 6) is 0.963. The fourth-order valence-corrected chi connectivity index (χ4v) is 2.07. The van der Waals surface area contributed by atoms with Gasteiger partial charge in [0.05, 0.1) is 0 Å². The summed E-state index contributed by atoms with van der Waals surface area (Å²) in [4.78, 5) is 4.12. The predicted octanol–water partition coefficient (Wildman–Crippen LogP) is 2.48. The Morgan fingerprint density at radius 3 is 2.78 bits per heavy atom. The van der Waals surface area contributed by atoms with Crippen LogP contribution in [0, 0.1) is 0 Å². The molecule has 0 amide bonds. The minimum absolute atomic E-state index is 0.445. The topological polar surface area (TPSA) is 53.6 Å². The van der Waals surface area contributed by atoms with Gasteiger partial charge < -0.3 is 5.32 Å².